The summed E-state index contributed by atoms with van der Waals surface area (Å²) in [5, 5.41) is 8.87. The van der Waals surface area contributed by atoms with E-state index in [1.54, 1.807) is 24.3 Å². The number of benzene rings is 1. The van der Waals surface area contributed by atoms with Gasteiger partial charge in [-0.25, -0.2) is 8.42 Å². The second-order valence-electron chi connectivity index (χ2n) is 3.10. The zero-order valence-corrected chi connectivity index (χ0v) is 10.3. The molecule has 0 aliphatic rings. The standard InChI is InChI=1S/C10H11ClN2O2S/c1-13(16(14,15)7-6-11)10-5-3-2-4-9(10)8-12/h2-5H,6-7H2,1H3. The second kappa shape index (κ2) is 5.19. The summed E-state index contributed by atoms with van der Waals surface area (Å²) in [5.41, 5.74) is 0.693. The van der Waals surface area contributed by atoms with E-state index in [2.05, 4.69) is 0 Å². The van der Waals surface area contributed by atoms with Crippen LogP contribution < -0.4 is 4.31 Å². The van der Waals surface area contributed by atoms with Crippen molar-refractivity contribution in [2.24, 2.45) is 0 Å². The minimum atomic E-state index is -3.45. The van der Waals surface area contributed by atoms with Crippen molar-refractivity contribution in [1.29, 1.82) is 5.26 Å². The van der Waals surface area contributed by atoms with E-state index in [0.717, 1.165) is 4.31 Å². The number of para-hydroxylation sites is 1. The minimum absolute atomic E-state index is 0.0292. The Labute approximate surface area is 100 Å². The van der Waals surface area contributed by atoms with Gasteiger partial charge in [-0.1, -0.05) is 12.1 Å². The van der Waals surface area contributed by atoms with Crippen molar-refractivity contribution in [1.82, 2.24) is 0 Å². The Hall–Kier alpha value is -1.25. The Bertz CT molecular complexity index is 508. The van der Waals surface area contributed by atoms with Crippen LogP contribution in [0, 0.1) is 11.3 Å². The topological polar surface area (TPSA) is 61.2 Å². The van der Waals surface area contributed by atoms with Gasteiger partial charge in [0.25, 0.3) is 0 Å². The molecule has 6 heteroatoms. The Morgan fingerprint density at radius 1 is 1.44 bits per heavy atom. The maximum absolute atomic E-state index is 11.7. The summed E-state index contributed by atoms with van der Waals surface area (Å²) >= 11 is 5.42. The summed E-state index contributed by atoms with van der Waals surface area (Å²) in [4.78, 5) is 0. The molecule has 16 heavy (non-hydrogen) atoms. The molecule has 0 aliphatic heterocycles. The van der Waals surface area contributed by atoms with Crippen molar-refractivity contribution in [3.8, 4) is 6.07 Å². The highest BCUT2D eigenvalue weighted by atomic mass is 35.5. The molecule has 0 spiro atoms. The average Bonchev–Trinajstić information content (AvgIpc) is 2.28. The fourth-order valence-electron chi connectivity index (χ4n) is 1.23. The largest absolute Gasteiger partial charge is 0.272 e. The molecule has 0 radical (unpaired) electrons. The minimum Gasteiger partial charge on any atom is -0.272 e. The summed E-state index contributed by atoms with van der Waals surface area (Å²) in [6, 6.07) is 8.48. The number of hydrogen-bond donors (Lipinski definition) is 0. The zero-order valence-electron chi connectivity index (χ0n) is 8.72. The smallest absolute Gasteiger partial charge is 0.236 e. The van der Waals surface area contributed by atoms with Crippen LogP contribution in [0.2, 0.25) is 0 Å². The van der Waals surface area contributed by atoms with Crippen LogP contribution in [-0.4, -0.2) is 27.1 Å². The van der Waals surface area contributed by atoms with Crippen molar-refractivity contribution >= 4 is 27.3 Å². The number of hydrogen-bond acceptors (Lipinski definition) is 3. The van der Waals surface area contributed by atoms with Crippen molar-refractivity contribution in [2.45, 2.75) is 0 Å². The maximum Gasteiger partial charge on any atom is 0.236 e. The van der Waals surface area contributed by atoms with Crippen LogP contribution in [0.25, 0.3) is 0 Å². The van der Waals surface area contributed by atoms with Gasteiger partial charge in [0.2, 0.25) is 10.0 Å². The van der Waals surface area contributed by atoms with Crippen molar-refractivity contribution in [2.75, 3.05) is 23.0 Å². The Morgan fingerprint density at radius 2 is 2.06 bits per heavy atom. The van der Waals surface area contributed by atoms with E-state index in [4.69, 9.17) is 16.9 Å². The van der Waals surface area contributed by atoms with Crippen LogP contribution in [0.1, 0.15) is 5.56 Å². The summed E-state index contributed by atoms with van der Waals surface area (Å²) in [6.45, 7) is 0. The third kappa shape index (κ3) is 2.65. The van der Waals surface area contributed by atoms with Gasteiger partial charge in [-0.05, 0) is 12.1 Å². The number of rotatable bonds is 4. The molecular formula is C10H11ClN2O2S. The SMILES string of the molecule is CN(c1ccccc1C#N)S(=O)(=O)CCCl. The molecule has 0 atom stereocenters. The van der Waals surface area contributed by atoms with E-state index < -0.39 is 10.0 Å². The van der Waals surface area contributed by atoms with Crippen LogP contribution in [-0.2, 0) is 10.0 Å². The summed E-state index contributed by atoms with van der Waals surface area (Å²) in [6.07, 6.45) is 0. The maximum atomic E-state index is 11.7. The Morgan fingerprint density at radius 3 is 2.62 bits per heavy atom. The molecule has 0 aromatic heterocycles. The van der Waals surface area contributed by atoms with Crippen molar-refractivity contribution in [3.63, 3.8) is 0 Å². The molecule has 86 valence electrons. The van der Waals surface area contributed by atoms with E-state index in [1.807, 2.05) is 6.07 Å². The Balaban J connectivity index is 3.16. The number of anilines is 1. The van der Waals surface area contributed by atoms with Crippen LogP contribution >= 0.6 is 11.6 Å². The highest BCUT2D eigenvalue weighted by Gasteiger charge is 2.19. The first-order valence-electron chi connectivity index (χ1n) is 4.54. The highest BCUT2D eigenvalue weighted by Crippen LogP contribution is 2.21. The van der Waals surface area contributed by atoms with Crippen molar-refractivity contribution in [3.05, 3.63) is 29.8 Å². The summed E-state index contributed by atoms with van der Waals surface area (Å²) in [7, 11) is -2.03. The lowest BCUT2D eigenvalue weighted by Gasteiger charge is -2.19. The predicted molar refractivity (Wildman–Crippen MR) is 64.1 cm³/mol. The van der Waals surface area contributed by atoms with Gasteiger partial charge in [0.1, 0.15) is 6.07 Å². The molecule has 1 rings (SSSR count). The average molecular weight is 259 g/mol. The fraction of sp³-hybridized carbons (Fsp3) is 0.300. The second-order valence-corrected chi connectivity index (χ2v) is 5.60. The molecular weight excluding hydrogens is 248 g/mol. The summed E-state index contributed by atoms with van der Waals surface area (Å²) in [5.74, 6) is -0.119. The van der Waals surface area contributed by atoms with E-state index >= 15 is 0 Å². The molecule has 0 N–H and O–H groups in total. The van der Waals surface area contributed by atoms with Gasteiger partial charge in [-0.2, -0.15) is 5.26 Å². The van der Waals surface area contributed by atoms with Gasteiger partial charge in [0, 0.05) is 12.9 Å². The zero-order chi connectivity index (χ0) is 12.2. The normalized spacial score (nSPS) is 10.8. The van der Waals surface area contributed by atoms with Crippen LogP contribution in [0.4, 0.5) is 5.69 Å². The molecule has 1 aromatic rings. The Kier molecular flexibility index (Phi) is 4.16. The number of alkyl halides is 1. The third-order valence-corrected chi connectivity index (χ3v) is 4.28. The molecule has 0 aliphatic carbocycles. The molecule has 0 fully saturated rings. The van der Waals surface area contributed by atoms with E-state index in [0.29, 0.717) is 11.3 Å². The van der Waals surface area contributed by atoms with Gasteiger partial charge in [-0.3, -0.25) is 4.31 Å². The van der Waals surface area contributed by atoms with E-state index in [1.165, 1.54) is 7.05 Å². The summed E-state index contributed by atoms with van der Waals surface area (Å²) < 4.78 is 24.6. The van der Waals surface area contributed by atoms with E-state index in [-0.39, 0.29) is 11.6 Å². The molecule has 1 aromatic carbocycles. The number of sulfonamides is 1. The lowest BCUT2D eigenvalue weighted by atomic mass is 10.2. The molecule has 0 saturated heterocycles. The number of halogens is 1. The van der Waals surface area contributed by atoms with Gasteiger partial charge in [0.05, 0.1) is 17.0 Å². The van der Waals surface area contributed by atoms with Gasteiger partial charge in [-0.15, -0.1) is 11.6 Å². The van der Waals surface area contributed by atoms with Crippen LogP contribution in [0.3, 0.4) is 0 Å². The quantitative estimate of drug-likeness (QED) is 0.770. The third-order valence-electron chi connectivity index (χ3n) is 2.12. The molecule has 0 amide bonds. The van der Waals surface area contributed by atoms with E-state index in [9.17, 15) is 8.42 Å². The fourth-order valence-corrected chi connectivity index (χ4v) is 2.74. The van der Waals surface area contributed by atoms with Gasteiger partial charge < -0.3 is 0 Å². The first-order valence-corrected chi connectivity index (χ1v) is 6.69. The molecule has 0 bridgehead atoms. The van der Waals surface area contributed by atoms with Crippen LogP contribution in [0.15, 0.2) is 24.3 Å². The first-order chi connectivity index (χ1) is 7.53. The predicted octanol–water partition coefficient (Wildman–Crippen LogP) is 1.56. The molecule has 4 nitrogen and oxygen atoms in total. The number of nitrogens with zero attached hydrogens (tertiary/aromatic N) is 2. The van der Waals surface area contributed by atoms with Crippen molar-refractivity contribution < 1.29 is 8.42 Å². The monoisotopic (exact) mass is 258 g/mol. The molecule has 0 heterocycles. The molecule has 0 unspecified atom stereocenters. The van der Waals surface area contributed by atoms with Crippen LogP contribution in [0.5, 0.6) is 0 Å². The first kappa shape index (κ1) is 12.8. The van der Waals surface area contributed by atoms with Gasteiger partial charge in [0.15, 0.2) is 0 Å². The lowest BCUT2D eigenvalue weighted by molar-refractivity contribution is 0.596. The highest BCUT2D eigenvalue weighted by molar-refractivity contribution is 7.92. The van der Waals surface area contributed by atoms with Gasteiger partial charge >= 0.3 is 0 Å². The number of nitriles is 1. The lowest BCUT2D eigenvalue weighted by Crippen LogP contribution is -2.30. The molecule has 0 saturated carbocycles.